The minimum Gasteiger partial charge on any atom is -0.481 e. The first-order chi connectivity index (χ1) is 16.7. The molecule has 0 amide bonds. The number of hydrogen-bond donors (Lipinski definition) is 1. The minimum atomic E-state index is 0.276. The molecule has 2 aromatic heterocycles. The van der Waals surface area contributed by atoms with Gasteiger partial charge in [0.05, 0.1) is 37.3 Å². The summed E-state index contributed by atoms with van der Waals surface area (Å²) in [6.45, 7) is 2.45. The Morgan fingerprint density at radius 1 is 0.971 bits per heavy atom. The quantitative estimate of drug-likeness (QED) is 0.506. The van der Waals surface area contributed by atoms with Crippen molar-refractivity contribution in [1.29, 1.82) is 0 Å². The third-order valence-corrected chi connectivity index (χ3v) is 6.69. The van der Waals surface area contributed by atoms with Crippen LogP contribution in [0.5, 0.6) is 5.88 Å². The zero-order valence-electron chi connectivity index (χ0n) is 19.1. The van der Waals surface area contributed by atoms with E-state index < -0.39 is 0 Å². The first kappa shape index (κ1) is 20.7. The standard InChI is InChI=1S/C27H26N6O/c1-34-27-22(13-18-4-2-3-5-23(18)32-27)17-6-7-19-14-30-26(21(19)12-17)24-15-29-16-25(31-24)33-10-8-20(28)9-11-33/h2-7,12-13,15-16,20H,8-11,14,28H2,1H3. The van der Waals surface area contributed by atoms with Crippen LogP contribution in [0, 0.1) is 0 Å². The monoisotopic (exact) mass is 450 g/mol. The third-order valence-electron chi connectivity index (χ3n) is 6.69. The molecule has 34 heavy (non-hydrogen) atoms. The topological polar surface area (TPSA) is 89.5 Å². The highest BCUT2D eigenvalue weighted by molar-refractivity contribution is 6.14. The van der Waals surface area contributed by atoms with E-state index in [0.29, 0.717) is 12.4 Å². The number of rotatable bonds is 4. The number of nitrogens with zero attached hydrogens (tertiary/aromatic N) is 5. The number of ether oxygens (including phenoxy) is 1. The molecule has 2 aromatic carbocycles. The SMILES string of the molecule is COc1nc2ccccc2cc1-c1ccc2c(c1)C(c1cncc(N3CCC(N)CC3)n1)=NC2. The van der Waals surface area contributed by atoms with Crippen LogP contribution in [-0.4, -0.2) is 46.9 Å². The molecule has 0 saturated carbocycles. The van der Waals surface area contributed by atoms with Crippen LogP contribution < -0.4 is 15.4 Å². The summed E-state index contributed by atoms with van der Waals surface area (Å²) in [5.41, 5.74) is 12.9. The van der Waals surface area contributed by atoms with Crippen molar-refractivity contribution in [2.24, 2.45) is 10.7 Å². The lowest BCUT2D eigenvalue weighted by Crippen LogP contribution is -2.40. The normalized spacial score (nSPS) is 15.9. The van der Waals surface area contributed by atoms with Gasteiger partial charge in [-0.2, -0.15) is 0 Å². The van der Waals surface area contributed by atoms with Crippen molar-refractivity contribution in [3.8, 4) is 17.0 Å². The number of benzene rings is 2. The van der Waals surface area contributed by atoms with Gasteiger partial charge in [-0.3, -0.25) is 9.98 Å². The van der Waals surface area contributed by atoms with E-state index in [9.17, 15) is 0 Å². The molecule has 4 aromatic rings. The summed E-state index contributed by atoms with van der Waals surface area (Å²) in [6.07, 6.45) is 5.58. The Bertz CT molecular complexity index is 1410. The van der Waals surface area contributed by atoms with Gasteiger partial charge in [-0.25, -0.2) is 9.97 Å². The van der Waals surface area contributed by atoms with Crippen LogP contribution >= 0.6 is 0 Å². The van der Waals surface area contributed by atoms with Gasteiger partial charge in [0.1, 0.15) is 11.5 Å². The molecular formula is C27H26N6O. The van der Waals surface area contributed by atoms with E-state index in [4.69, 9.17) is 25.4 Å². The van der Waals surface area contributed by atoms with Crippen LogP contribution in [0.1, 0.15) is 29.7 Å². The van der Waals surface area contributed by atoms with E-state index in [1.165, 1.54) is 5.56 Å². The smallest absolute Gasteiger partial charge is 0.221 e. The molecule has 0 unspecified atom stereocenters. The Morgan fingerprint density at radius 3 is 2.68 bits per heavy atom. The lowest BCUT2D eigenvalue weighted by atomic mass is 9.97. The number of anilines is 1. The lowest BCUT2D eigenvalue weighted by Gasteiger charge is -2.30. The number of para-hydroxylation sites is 1. The van der Waals surface area contributed by atoms with Crippen molar-refractivity contribution >= 4 is 22.4 Å². The van der Waals surface area contributed by atoms with Crippen LogP contribution in [0.15, 0.2) is 65.9 Å². The van der Waals surface area contributed by atoms with Gasteiger partial charge in [0.25, 0.3) is 0 Å². The largest absolute Gasteiger partial charge is 0.481 e. The van der Waals surface area contributed by atoms with E-state index in [2.05, 4.69) is 40.2 Å². The predicted molar refractivity (Wildman–Crippen MR) is 135 cm³/mol. The van der Waals surface area contributed by atoms with Gasteiger partial charge in [-0.1, -0.05) is 30.3 Å². The molecule has 6 rings (SSSR count). The van der Waals surface area contributed by atoms with Crippen molar-refractivity contribution in [1.82, 2.24) is 15.0 Å². The summed E-state index contributed by atoms with van der Waals surface area (Å²) in [5.74, 6) is 1.50. The molecule has 0 atom stereocenters. The van der Waals surface area contributed by atoms with Crippen molar-refractivity contribution < 1.29 is 4.74 Å². The summed E-state index contributed by atoms with van der Waals surface area (Å²) in [4.78, 5) is 21.2. The van der Waals surface area contributed by atoms with E-state index in [1.807, 2.05) is 24.4 Å². The predicted octanol–water partition coefficient (Wildman–Crippen LogP) is 3.98. The molecule has 0 radical (unpaired) electrons. The molecule has 2 aliphatic heterocycles. The zero-order valence-corrected chi connectivity index (χ0v) is 19.1. The Labute approximate surface area is 198 Å². The number of nitrogens with two attached hydrogens (primary N) is 1. The van der Waals surface area contributed by atoms with Gasteiger partial charge >= 0.3 is 0 Å². The van der Waals surface area contributed by atoms with Crippen LogP contribution in [-0.2, 0) is 6.54 Å². The van der Waals surface area contributed by atoms with E-state index in [-0.39, 0.29) is 6.04 Å². The summed E-state index contributed by atoms with van der Waals surface area (Å²) < 4.78 is 5.65. The lowest BCUT2D eigenvalue weighted by molar-refractivity contribution is 0.401. The summed E-state index contributed by atoms with van der Waals surface area (Å²) in [5, 5.41) is 1.08. The Morgan fingerprint density at radius 2 is 1.82 bits per heavy atom. The fourth-order valence-electron chi connectivity index (χ4n) is 4.78. The number of methoxy groups -OCH3 is 1. The molecule has 170 valence electrons. The van der Waals surface area contributed by atoms with Gasteiger partial charge in [0.15, 0.2) is 0 Å². The molecule has 0 aliphatic carbocycles. The molecule has 0 bridgehead atoms. The van der Waals surface area contributed by atoms with Gasteiger partial charge in [0, 0.05) is 35.6 Å². The second-order valence-corrected chi connectivity index (χ2v) is 8.86. The number of hydrogen-bond acceptors (Lipinski definition) is 7. The molecule has 4 heterocycles. The third kappa shape index (κ3) is 3.68. The van der Waals surface area contributed by atoms with Crippen LogP contribution in [0.4, 0.5) is 5.82 Å². The van der Waals surface area contributed by atoms with Gasteiger partial charge in [-0.05, 0) is 42.2 Å². The van der Waals surface area contributed by atoms with Crippen molar-refractivity contribution in [2.75, 3.05) is 25.1 Å². The first-order valence-electron chi connectivity index (χ1n) is 11.6. The number of pyridine rings is 1. The van der Waals surface area contributed by atoms with Crippen molar-refractivity contribution in [3.05, 3.63) is 77.7 Å². The molecule has 2 N–H and O–H groups in total. The second kappa shape index (κ2) is 8.50. The molecule has 1 fully saturated rings. The zero-order chi connectivity index (χ0) is 23.1. The van der Waals surface area contributed by atoms with E-state index in [0.717, 1.165) is 70.7 Å². The first-order valence-corrected chi connectivity index (χ1v) is 11.6. The second-order valence-electron chi connectivity index (χ2n) is 8.86. The maximum absolute atomic E-state index is 6.08. The van der Waals surface area contributed by atoms with Gasteiger partial charge in [0.2, 0.25) is 5.88 Å². The maximum Gasteiger partial charge on any atom is 0.221 e. The minimum absolute atomic E-state index is 0.276. The average Bonchev–Trinajstić information content (AvgIpc) is 3.32. The summed E-state index contributed by atoms with van der Waals surface area (Å²) >= 11 is 0. The Hall–Kier alpha value is -3.84. The summed E-state index contributed by atoms with van der Waals surface area (Å²) in [7, 11) is 1.66. The average molecular weight is 451 g/mol. The Balaban J connectivity index is 1.37. The molecule has 1 saturated heterocycles. The van der Waals surface area contributed by atoms with Crippen LogP contribution in [0.25, 0.3) is 22.0 Å². The molecule has 7 nitrogen and oxygen atoms in total. The van der Waals surface area contributed by atoms with Crippen LogP contribution in [0.3, 0.4) is 0 Å². The number of aromatic nitrogens is 3. The molecular weight excluding hydrogens is 424 g/mol. The highest BCUT2D eigenvalue weighted by Gasteiger charge is 2.23. The van der Waals surface area contributed by atoms with Gasteiger partial charge in [-0.15, -0.1) is 0 Å². The van der Waals surface area contributed by atoms with E-state index >= 15 is 0 Å². The molecule has 0 spiro atoms. The highest BCUT2D eigenvalue weighted by atomic mass is 16.5. The van der Waals surface area contributed by atoms with E-state index in [1.54, 1.807) is 13.3 Å². The molecule has 2 aliphatic rings. The van der Waals surface area contributed by atoms with Gasteiger partial charge < -0.3 is 15.4 Å². The Kier molecular flexibility index (Phi) is 5.19. The van der Waals surface area contributed by atoms with Crippen molar-refractivity contribution in [2.45, 2.75) is 25.4 Å². The van der Waals surface area contributed by atoms with Crippen LogP contribution in [0.2, 0.25) is 0 Å². The molecule has 7 heteroatoms. The number of fused-ring (bicyclic) bond motifs is 2. The fraction of sp³-hybridized carbons (Fsp3) is 0.259. The number of aliphatic imine (C=N–C) groups is 1. The number of piperidine rings is 1. The maximum atomic E-state index is 6.08. The highest BCUT2D eigenvalue weighted by Crippen LogP contribution is 2.34. The van der Waals surface area contributed by atoms with Crippen molar-refractivity contribution in [3.63, 3.8) is 0 Å². The summed E-state index contributed by atoms with van der Waals surface area (Å²) in [6, 6.07) is 16.9. The fourth-order valence-corrected chi connectivity index (χ4v) is 4.78.